The van der Waals surface area contributed by atoms with E-state index >= 15 is 0 Å². The van der Waals surface area contributed by atoms with Crippen molar-refractivity contribution in [2.24, 2.45) is 0 Å². The number of hydrogen-bond acceptors (Lipinski definition) is 7. The van der Waals surface area contributed by atoms with Gasteiger partial charge in [-0.2, -0.15) is 19.6 Å². The van der Waals surface area contributed by atoms with Crippen LogP contribution in [0.5, 0.6) is 6.01 Å². The van der Waals surface area contributed by atoms with Gasteiger partial charge in [0.05, 0.1) is 11.7 Å². The first kappa shape index (κ1) is 19.7. The second-order valence-corrected chi connectivity index (χ2v) is 8.25. The van der Waals surface area contributed by atoms with Crippen molar-refractivity contribution in [1.29, 1.82) is 0 Å². The minimum atomic E-state index is 0.0820. The Labute approximate surface area is 181 Å². The van der Waals surface area contributed by atoms with E-state index in [1.165, 1.54) is 0 Å². The summed E-state index contributed by atoms with van der Waals surface area (Å²) in [5.41, 5.74) is 3.98. The number of nitrogens with zero attached hydrogens (tertiary/aromatic N) is 5. The van der Waals surface area contributed by atoms with Gasteiger partial charge in [-0.15, -0.1) is 0 Å². The van der Waals surface area contributed by atoms with Crippen LogP contribution in [-0.2, 0) is 6.54 Å². The second-order valence-electron chi connectivity index (χ2n) is 8.25. The van der Waals surface area contributed by atoms with Gasteiger partial charge >= 0.3 is 6.01 Å². The van der Waals surface area contributed by atoms with Gasteiger partial charge < -0.3 is 15.4 Å². The zero-order valence-electron chi connectivity index (χ0n) is 17.9. The van der Waals surface area contributed by atoms with E-state index in [4.69, 9.17) is 9.72 Å². The van der Waals surface area contributed by atoms with E-state index in [1.54, 1.807) is 4.52 Å². The molecule has 8 nitrogen and oxygen atoms in total. The Morgan fingerprint density at radius 1 is 1.23 bits per heavy atom. The Morgan fingerprint density at radius 3 is 3.00 bits per heavy atom. The average Bonchev–Trinajstić information content (AvgIpc) is 3.22. The standard InChI is InChI=1S/C23H27N7O/c1-15(2)19-14-27-30-21(19)28-23(31-17-7-4-10-24-13-17)29-22(30)26-12-16-6-3-9-20-18(16)8-5-11-25-20/h3,5-6,8-9,11,14-15,17,24H,4,7,10,12-13H2,1-2H3,(H,26,28,29)/t17-/m1/s1. The average molecular weight is 418 g/mol. The lowest BCUT2D eigenvalue weighted by Gasteiger charge is -2.23. The van der Waals surface area contributed by atoms with Gasteiger partial charge in [-0.25, -0.2) is 0 Å². The molecule has 4 heterocycles. The number of benzene rings is 1. The summed E-state index contributed by atoms with van der Waals surface area (Å²) in [5.74, 6) is 0.921. The number of anilines is 1. The molecule has 0 spiro atoms. The summed E-state index contributed by atoms with van der Waals surface area (Å²) < 4.78 is 7.92. The highest BCUT2D eigenvalue weighted by molar-refractivity contribution is 5.82. The fraction of sp³-hybridized carbons (Fsp3) is 0.391. The number of pyridine rings is 1. The Balaban J connectivity index is 1.48. The molecule has 5 rings (SSSR count). The lowest BCUT2D eigenvalue weighted by atomic mass is 10.1. The van der Waals surface area contributed by atoms with E-state index in [-0.39, 0.29) is 6.10 Å². The van der Waals surface area contributed by atoms with E-state index < -0.39 is 0 Å². The summed E-state index contributed by atoms with van der Waals surface area (Å²) in [7, 11) is 0. The van der Waals surface area contributed by atoms with Gasteiger partial charge in [0, 0.05) is 30.2 Å². The molecule has 2 N–H and O–H groups in total. The molecule has 160 valence electrons. The van der Waals surface area contributed by atoms with Gasteiger partial charge in [-0.3, -0.25) is 4.98 Å². The third-order valence-corrected chi connectivity index (χ3v) is 5.69. The molecular formula is C23H27N7O. The molecule has 1 aliphatic heterocycles. The Hall–Kier alpha value is -3.26. The van der Waals surface area contributed by atoms with Crippen LogP contribution in [0.1, 0.15) is 43.7 Å². The summed E-state index contributed by atoms with van der Waals surface area (Å²) >= 11 is 0. The van der Waals surface area contributed by atoms with Crippen LogP contribution in [0.3, 0.4) is 0 Å². The quantitative estimate of drug-likeness (QED) is 0.496. The van der Waals surface area contributed by atoms with Gasteiger partial charge in [-0.05, 0) is 43.0 Å². The maximum Gasteiger partial charge on any atom is 0.322 e. The highest BCUT2D eigenvalue weighted by Crippen LogP contribution is 2.24. The van der Waals surface area contributed by atoms with Crippen LogP contribution in [0, 0.1) is 0 Å². The highest BCUT2D eigenvalue weighted by atomic mass is 16.5. The van der Waals surface area contributed by atoms with Crippen LogP contribution in [0.2, 0.25) is 0 Å². The van der Waals surface area contributed by atoms with Gasteiger partial charge in [0.2, 0.25) is 5.95 Å². The van der Waals surface area contributed by atoms with Crippen LogP contribution in [-0.4, -0.2) is 43.8 Å². The van der Waals surface area contributed by atoms with Crippen LogP contribution in [0.4, 0.5) is 5.95 Å². The number of aromatic nitrogens is 5. The molecule has 3 aromatic heterocycles. The molecule has 0 aliphatic carbocycles. The molecule has 0 saturated carbocycles. The predicted molar refractivity (Wildman–Crippen MR) is 120 cm³/mol. The number of ether oxygens (including phenoxy) is 1. The van der Waals surface area contributed by atoms with E-state index in [1.807, 2.05) is 30.6 Å². The fourth-order valence-electron chi connectivity index (χ4n) is 4.01. The van der Waals surface area contributed by atoms with Gasteiger partial charge in [0.1, 0.15) is 6.10 Å². The molecule has 0 bridgehead atoms. The lowest BCUT2D eigenvalue weighted by Crippen LogP contribution is -2.37. The zero-order valence-corrected chi connectivity index (χ0v) is 17.9. The molecule has 1 atom stereocenters. The second kappa shape index (κ2) is 8.47. The van der Waals surface area contributed by atoms with Crippen molar-refractivity contribution in [2.45, 2.75) is 45.3 Å². The van der Waals surface area contributed by atoms with E-state index in [9.17, 15) is 0 Å². The summed E-state index contributed by atoms with van der Waals surface area (Å²) in [6, 6.07) is 10.6. The third kappa shape index (κ3) is 4.03. The molecule has 0 amide bonds. The molecular weight excluding hydrogens is 390 g/mol. The van der Waals surface area contributed by atoms with Crippen molar-refractivity contribution < 1.29 is 4.74 Å². The number of rotatable bonds is 6. The van der Waals surface area contributed by atoms with Gasteiger partial charge in [-0.1, -0.05) is 32.0 Å². The monoisotopic (exact) mass is 417 g/mol. The van der Waals surface area contributed by atoms with Crippen molar-refractivity contribution in [3.05, 3.63) is 53.9 Å². The molecule has 1 aromatic carbocycles. The summed E-state index contributed by atoms with van der Waals surface area (Å²) in [6.45, 7) is 6.72. The van der Waals surface area contributed by atoms with Crippen molar-refractivity contribution >= 4 is 22.5 Å². The molecule has 0 unspecified atom stereocenters. The molecule has 8 heteroatoms. The maximum absolute atomic E-state index is 6.15. The van der Waals surface area contributed by atoms with Crippen LogP contribution in [0.25, 0.3) is 16.6 Å². The topological polar surface area (TPSA) is 89.3 Å². The van der Waals surface area contributed by atoms with Crippen LogP contribution in [0.15, 0.2) is 42.7 Å². The Morgan fingerprint density at radius 2 is 2.16 bits per heavy atom. The van der Waals surface area contributed by atoms with E-state index in [0.29, 0.717) is 24.4 Å². The first-order valence-electron chi connectivity index (χ1n) is 10.9. The van der Waals surface area contributed by atoms with Crippen molar-refractivity contribution in [1.82, 2.24) is 29.9 Å². The maximum atomic E-state index is 6.15. The fourth-order valence-corrected chi connectivity index (χ4v) is 4.01. The van der Waals surface area contributed by atoms with Gasteiger partial charge in [0.25, 0.3) is 0 Å². The van der Waals surface area contributed by atoms with Crippen molar-refractivity contribution in [3.8, 4) is 6.01 Å². The summed E-state index contributed by atoms with van der Waals surface area (Å²) in [6.07, 6.45) is 5.86. The Bertz CT molecular complexity index is 1190. The molecule has 1 fully saturated rings. The first-order chi connectivity index (χ1) is 15.2. The smallest absolute Gasteiger partial charge is 0.322 e. The van der Waals surface area contributed by atoms with Gasteiger partial charge in [0.15, 0.2) is 5.65 Å². The largest absolute Gasteiger partial charge is 0.459 e. The molecule has 1 aliphatic rings. The van der Waals surface area contributed by atoms with Crippen molar-refractivity contribution in [3.63, 3.8) is 0 Å². The molecule has 31 heavy (non-hydrogen) atoms. The normalized spacial score (nSPS) is 16.8. The first-order valence-corrected chi connectivity index (χ1v) is 10.9. The zero-order chi connectivity index (χ0) is 21.2. The highest BCUT2D eigenvalue weighted by Gasteiger charge is 2.20. The molecule has 0 radical (unpaired) electrons. The minimum Gasteiger partial charge on any atom is -0.459 e. The van der Waals surface area contributed by atoms with E-state index in [2.05, 4.69) is 51.7 Å². The SMILES string of the molecule is CC(C)c1cnn2c(NCc3cccc4ncccc34)nc(O[C@@H]3CCCNC3)nc12. The third-order valence-electron chi connectivity index (χ3n) is 5.69. The number of hydrogen-bond donors (Lipinski definition) is 2. The van der Waals surface area contributed by atoms with Crippen LogP contribution < -0.4 is 15.4 Å². The van der Waals surface area contributed by atoms with E-state index in [0.717, 1.165) is 53.6 Å². The minimum absolute atomic E-state index is 0.0820. The number of nitrogens with one attached hydrogen (secondary N) is 2. The number of fused-ring (bicyclic) bond motifs is 2. The molecule has 4 aromatic rings. The van der Waals surface area contributed by atoms with Crippen molar-refractivity contribution in [2.75, 3.05) is 18.4 Å². The summed E-state index contributed by atoms with van der Waals surface area (Å²) in [5, 5.41) is 12.5. The molecule has 1 saturated heterocycles. The summed E-state index contributed by atoms with van der Waals surface area (Å²) in [4.78, 5) is 13.8. The Kier molecular flexibility index (Phi) is 5.38. The number of piperidine rings is 1. The van der Waals surface area contributed by atoms with Crippen LogP contribution >= 0.6 is 0 Å². The lowest BCUT2D eigenvalue weighted by molar-refractivity contribution is 0.153. The predicted octanol–water partition coefficient (Wildman–Crippen LogP) is 3.54.